The monoisotopic (exact) mass is 457 g/mol. The maximum atomic E-state index is 12.7. The number of carbonyl (C=O) groups is 2. The number of Topliss-reactive ketones (excluding diaryl/α,β-unsaturated/α-hetero) is 1. The number of carbonyl (C=O) groups excluding carboxylic acids is 2. The van der Waals surface area contributed by atoms with Gasteiger partial charge in [-0.25, -0.2) is 18.4 Å². The Morgan fingerprint density at radius 1 is 1.06 bits per heavy atom. The third-order valence-corrected chi connectivity index (χ3v) is 5.74. The smallest absolute Gasteiger partial charge is 0.345 e. The van der Waals surface area contributed by atoms with Crippen molar-refractivity contribution in [3.05, 3.63) is 87.2 Å². The standard InChI is InChI=1S/C21H19N3O7S/c1-13-11-18(14(2)23(13)15-7-9-16(10-8-15)32(22,29)30)20(25)12-31-21(26)17-5-3-4-6-19(17)24(27)28/h3-11H,12H2,1-2H3,(H2,22,29,30). The van der Waals surface area contributed by atoms with E-state index in [0.717, 1.165) is 0 Å². The molecule has 10 nitrogen and oxygen atoms in total. The number of benzene rings is 2. The lowest BCUT2D eigenvalue weighted by Crippen LogP contribution is -2.16. The van der Waals surface area contributed by atoms with Crippen LogP contribution in [-0.4, -0.2) is 36.3 Å². The Labute approximate surface area is 183 Å². The Hall–Kier alpha value is -3.83. The highest BCUT2D eigenvalue weighted by atomic mass is 32.2. The molecule has 0 saturated heterocycles. The van der Waals surface area contributed by atoms with E-state index in [4.69, 9.17) is 9.88 Å². The Morgan fingerprint density at radius 2 is 1.69 bits per heavy atom. The minimum Gasteiger partial charge on any atom is -0.454 e. The SMILES string of the molecule is Cc1cc(C(=O)COC(=O)c2ccccc2[N+](=O)[O-])c(C)n1-c1ccc(S(N)(=O)=O)cc1. The molecule has 166 valence electrons. The zero-order valence-corrected chi connectivity index (χ0v) is 18.0. The van der Waals surface area contributed by atoms with Crippen LogP contribution in [0.5, 0.6) is 0 Å². The summed E-state index contributed by atoms with van der Waals surface area (Å²) in [5.74, 6) is -1.46. The number of nitro benzene ring substituents is 1. The van der Waals surface area contributed by atoms with Crippen molar-refractivity contribution in [3.8, 4) is 5.69 Å². The molecular weight excluding hydrogens is 438 g/mol. The van der Waals surface area contributed by atoms with E-state index >= 15 is 0 Å². The van der Waals surface area contributed by atoms with Crippen molar-refractivity contribution < 1.29 is 27.7 Å². The number of hydrogen-bond acceptors (Lipinski definition) is 7. The van der Waals surface area contributed by atoms with E-state index in [-0.39, 0.29) is 10.5 Å². The van der Waals surface area contributed by atoms with Gasteiger partial charge in [-0.15, -0.1) is 0 Å². The highest BCUT2D eigenvalue weighted by Crippen LogP contribution is 2.23. The fourth-order valence-electron chi connectivity index (χ4n) is 3.32. The molecule has 0 aliphatic carbocycles. The molecule has 0 radical (unpaired) electrons. The molecule has 1 aromatic heterocycles. The van der Waals surface area contributed by atoms with Gasteiger partial charge in [-0.2, -0.15) is 0 Å². The van der Waals surface area contributed by atoms with Crippen LogP contribution in [0.2, 0.25) is 0 Å². The summed E-state index contributed by atoms with van der Waals surface area (Å²) in [7, 11) is -3.83. The molecule has 0 atom stereocenters. The van der Waals surface area contributed by atoms with Gasteiger partial charge in [0.15, 0.2) is 6.61 Å². The second-order valence-corrected chi connectivity index (χ2v) is 8.49. The fraction of sp³-hybridized carbons (Fsp3) is 0.143. The van der Waals surface area contributed by atoms with Gasteiger partial charge in [-0.1, -0.05) is 12.1 Å². The van der Waals surface area contributed by atoms with Gasteiger partial charge < -0.3 is 9.30 Å². The number of ketones is 1. The normalized spacial score (nSPS) is 11.2. The number of aromatic nitrogens is 1. The minimum absolute atomic E-state index is 0.0399. The number of ether oxygens (including phenoxy) is 1. The summed E-state index contributed by atoms with van der Waals surface area (Å²) in [6.07, 6.45) is 0. The highest BCUT2D eigenvalue weighted by molar-refractivity contribution is 7.89. The number of nitrogens with zero attached hydrogens (tertiary/aromatic N) is 2. The van der Waals surface area contributed by atoms with Gasteiger partial charge in [0.05, 0.1) is 9.82 Å². The number of rotatable bonds is 7. The van der Waals surface area contributed by atoms with Crippen LogP contribution in [0.4, 0.5) is 5.69 Å². The molecule has 2 N–H and O–H groups in total. The van der Waals surface area contributed by atoms with E-state index < -0.39 is 39.0 Å². The molecule has 0 bridgehead atoms. The molecule has 32 heavy (non-hydrogen) atoms. The number of para-hydroxylation sites is 1. The second kappa shape index (κ2) is 8.73. The van der Waals surface area contributed by atoms with E-state index in [0.29, 0.717) is 22.6 Å². The van der Waals surface area contributed by atoms with Crippen molar-refractivity contribution >= 4 is 27.5 Å². The molecule has 1 heterocycles. The molecule has 0 spiro atoms. The van der Waals surface area contributed by atoms with Crippen molar-refractivity contribution in [1.29, 1.82) is 0 Å². The van der Waals surface area contributed by atoms with E-state index in [1.165, 1.54) is 36.4 Å². The first kappa shape index (κ1) is 22.8. The minimum atomic E-state index is -3.83. The predicted molar refractivity (Wildman–Crippen MR) is 114 cm³/mol. The van der Waals surface area contributed by atoms with Crippen LogP contribution in [-0.2, 0) is 14.8 Å². The summed E-state index contributed by atoms with van der Waals surface area (Å²) in [4.78, 5) is 35.3. The summed E-state index contributed by atoms with van der Waals surface area (Å²) in [5, 5.41) is 16.2. The first-order valence-corrected chi connectivity index (χ1v) is 10.8. The maximum Gasteiger partial charge on any atom is 0.345 e. The molecule has 0 aliphatic rings. The summed E-state index contributed by atoms with van der Waals surface area (Å²) >= 11 is 0. The van der Waals surface area contributed by atoms with Crippen molar-refractivity contribution in [2.75, 3.05) is 6.61 Å². The third kappa shape index (κ3) is 4.58. The van der Waals surface area contributed by atoms with Gasteiger partial charge in [-0.3, -0.25) is 14.9 Å². The Balaban J connectivity index is 1.81. The molecule has 0 saturated carbocycles. The van der Waals surface area contributed by atoms with E-state index in [9.17, 15) is 28.1 Å². The number of aryl methyl sites for hydroxylation is 1. The average Bonchev–Trinajstić information content (AvgIpc) is 3.05. The van der Waals surface area contributed by atoms with Crippen LogP contribution in [0.15, 0.2) is 59.5 Å². The van der Waals surface area contributed by atoms with Crippen LogP contribution >= 0.6 is 0 Å². The van der Waals surface area contributed by atoms with Crippen LogP contribution < -0.4 is 5.14 Å². The largest absolute Gasteiger partial charge is 0.454 e. The number of nitro groups is 1. The molecule has 0 amide bonds. The van der Waals surface area contributed by atoms with E-state index in [2.05, 4.69) is 0 Å². The van der Waals surface area contributed by atoms with E-state index in [1.54, 1.807) is 36.6 Å². The summed E-state index contributed by atoms with van der Waals surface area (Å²) in [6, 6.07) is 12.8. The van der Waals surface area contributed by atoms with Crippen LogP contribution in [0.25, 0.3) is 5.69 Å². The predicted octanol–water partition coefficient (Wildman–Crippen LogP) is 2.69. The number of nitrogens with two attached hydrogens (primary N) is 1. The number of sulfonamides is 1. The van der Waals surface area contributed by atoms with Crippen molar-refractivity contribution in [2.45, 2.75) is 18.7 Å². The Kier molecular flexibility index (Phi) is 6.23. The lowest BCUT2D eigenvalue weighted by molar-refractivity contribution is -0.385. The summed E-state index contributed by atoms with van der Waals surface area (Å²) in [6.45, 7) is 2.86. The lowest BCUT2D eigenvalue weighted by atomic mass is 10.1. The first-order chi connectivity index (χ1) is 15.0. The van der Waals surface area contributed by atoms with Gasteiger partial charge in [-0.05, 0) is 50.2 Å². The average molecular weight is 457 g/mol. The van der Waals surface area contributed by atoms with Gasteiger partial charge >= 0.3 is 5.97 Å². The summed E-state index contributed by atoms with van der Waals surface area (Å²) in [5.41, 5.74) is 1.50. The highest BCUT2D eigenvalue weighted by Gasteiger charge is 2.23. The topological polar surface area (TPSA) is 152 Å². The second-order valence-electron chi connectivity index (χ2n) is 6.93. The molecule has 0 fully saturated rings. The van der Waals surface area contributed by atoms with Gasteiger partial charge in [0.1, 0.15) is 5.56 Å². The van der Waals surface area contributed by atoms with E-state index in [1.807, 2.05) is 0 Å². The van der Waals surface area contributed by atoms with Gasteiger partial charge in [0, 0.05) is 28.7 Å². The quantitative estimate of drug-likeness (QED) is 0.248. The van der Waals surface area contributed by atoms with Crippen molar-refractivity contribution in [2.24, 2.45) is 5.14 Å². The van der Waals surface area contributed by atoms with Crippen LogP contribution in [0.1, 0.15) is 32.1 Å². The fourth-order valence-corrected chi connectivity index (χ4v) is 3.83. The maximum absolute atomic E-state index is 12.7. The molecule has 0 unspecified atom stereocenters. The number of esters is 1. The summed E-state index contributed by atoms with van der Waals surface area (Å²) < 4.78 is 29.6. The third-order valence-electron chi connectivity index (χ3n) is 4.81. The Bertz CT molecular complexity index is 1330. The van der Waals surface area contributed by atoms with Crippen LogP contribution in [0.3, 0.4) is 0 Å². The van der Waals surface area contributed by atoms with Gasteiger partial charge in [0.25, 0.3) is 5.69 Å². The number of primary sulfonamides is 1. The zero-order chi connectivity index (χ0) is 23.6. The Morgan fingerprint density at radius 3 is 2.28 bits per heavy atom. The van der Waals surface area contributed by atoms with Gasteiger partial charge in [0.2, 0.25) is 15.8 Å². The zero-order valence-electron chi connectivity index (χ0n) is 17.1. The molecular formula is C21H19N3O7S. The van der Waals surface area contributed by atoms with Crippen molar-refractivity contribution in [3.63, 3.8) is 0 Å². The first-order valence-electron chi connectivity index (χ1n) is 9.26. The lowest BCUT2D eigenvalue weighted by Gasteiger charge is -2.10. The molecule has 0 aliphatic heterocycles. The van der Waals surface area contributed by atoms with Crippen molar-refractivity contribution in [1.82, 2.24) is 4.57 Å². The molecule has 3 rings (SSSR count). The molecule has 11 heteroatoms. The number of hydrogen-bond donors (Lipinski definition) is 1. The van der Waals surface area contributed by atoms with Crippen LogP contribution in [0, 0.1) is 24.0 Å². The molecule has 2 aromatic carbocycles. The molecule has 3 aromatic rings.